The quantitative estimate of drug-likeness (QED) is 0.613. The van der Waals surface area contributed by atoms with Crippen LogP contribution >= 0.6 is 12.4 Å². The molecule has 76 valence electrons. The van der Waals surface area contributed by atoms with Crippen LogP contribution < -0.4 is 5.73 Å². The minimum Gasteiger partial charge on any atom is -0.383 e. The van der Waals surface area contributed by atoms with Crippen LogP contribution in [0.3, 0.4) is 0 Å². The highest BCUT2D eigenvalue weighted by atomic mass is 35.5. The summed E-state index contributed by atoms with van der Waals surface area (Å²) in [5.74, 6) is -0.499. The monoisotopic (exact) mass is 208 g/mol. The molecule has 13 heavy (non-hydrogen) atoms. The highest BCUT2D eigenvalue weighted by molar-refractivity contribution is 6.05. The number of amides is 2. The van der Waals surface area contributed by atoms with Crippen molar-refractivity contribution in [3.05, 3.63) is 0 Å². The summed E-state index contributed by atoms with van der Waals surface area (Å²) in [7, 11) is 1.52. The van der Waals surface area contributed by atoms with Gasteiger partial charge in [-0.3, -0.25) is 14.5 Å². The third kappa shape index (κ3) is 2.65. The summed E-state index contributed by atoms with van der Waals surface area (Å²) < 4.78 is 4.75. The molecule has 0 unspecified atom stereocenters. The predicted octanol–water partition coefficient (Wildman–Crippen LogP) is -0.859. The van der Waals surface area contributed by atoms with Crippen molar-refractivity contribution in [2.45, 2.75) is 12.5 Å². The largest absolute Gasteiger partial charge is 0.383 e. The van der Waals surface area contributed by atoms with Crippen LogP contribution in [0.25, 0.3) is 0 Å². The highest BCUT2D eigenvalue weighted by Gasteiger charge is 2.35. The molecule has 2 amide bonds. The zero-order chi connectivity index (χ0) is 9.14. The molecule has 0 aromatic rings. The normalized spacial score (nSPS) is 22.0. The fourth-order valence-electron chi connectivity index (χ4n) is 1.13. The lowest BCUT2D eigenvalue weighted by Gasteiger charge is -2.12. The van der Waals surface area contributed by atoms with E-state index < -0.39 is 6.04 Å². The summed E-state index contributed by atoms with van der Waals surface area (Å²) in [5.41, 5.74) is 5.38. The Labute approximate surface area is 82.6 Å². The molecule has 1 rings (SSSR count). The second-order valence-electron chi connectivity index (χ2n) is 2.69. The van der Waals surface area contributed by atoms with Gasteiger partial charge >= 0.3 is 0 Å². The topological polar surface area (TPSA) is 72.6 Å². The lowest BCUT2D eigenvalue weighted by molar-refractivity contribution is -0.139. The van der Waals surface area contributed by atoms with Crippen LogP contribution in [-0.4, -0.2) is 43.0 Å². The Balaban J connectivity index is 0.00000144. The number of hydrogen-bond acceptors (Lipinski definition) is 4. The van der Waals surface area contributed by atoms with E-state index in [0.717, 1.165) is 4.90 Å². The number of likely N-dealkylation sites (tertiary alicyclic amines) is 1. The highest BCUT2D eigenvalue weighted by Crippen LogP contribution is 2.09. The van der Waals surface area contributed by atoms with E-state index in [1.54, 1.807) is 0 Å². The van der Waals surface area contributed by atoms with Crippen LogP contribution in [0.5, 0.6) is 0 Å². The van der Waals surface area contributed by atoms with Crippen molar-refractivity contribution in [1.29, 1.82) is 0 Å². The number of nitrogens with two attached hydrogens (primary N) is 1. The van der Waals surface area contributed by atoms with Crippen molar-refractivity contribution < 1.29 is 14.3 Å². The molecule has 0 saturated carbocycles. The molecule has 2 N–H and O–H groups in total. The van der Waals surface area contributed by atoms with E-state index in [-0.39, 0.29) is 30.6 Å². The number of nitrogens with zero attached hydrogens (tertiary/aromatic N) is 1. The molecular weight excluding hydrogens is 196 g/mol. The maximum atomic E-state index is 11.1. The maximum Gasteiger partial charge on any atom is 0.246 e. The second-order valence-corrected chi connectivity index (χ2v) is 2.69. The van der Waals surface area contributed by atoms with Gasteiger partial charge in [-0.25, -0.2) is 0 Å². The molecule has 0 radical (unpaired) electrons. The van der Waals surface area contributed by atoms with Crippen LogP contribution in [-0.2, 0) is 14.3 Å². The van der Waals surface area contributed by atoms with Crippen molar-refractivity contribution in [3.63, 3.8) is 0 Å². The number of halogens is 1. The van der Waals surface area contributed by atoms with Crippen molar-refractivity contribution in [3.8, 4) is 0 Å². The van der Waals surface area contributed by atoms with Crippen LogP contribution in [0.1, 0.15) is 6.42 Å². The number of rotatable bonds is 3. The molecule has 1 aliphatic heterocycles. The summed E-state index contributed by atoms with van der Waals surface area (Å²) >= 11 is 0. The Bertz CT molecular complexity index is 210. The van der Waals surface area contributed by atoms with Crippen molar-refractivity contribution in [2.75, 3.05) is 20.3 Å². The van der Waals surface area contributed by atoms with Crippen molar-refractivity contribution in [1.82, 2.24) is 4.90 Å². The van der Waals surface area contributed by atoms with Crippen molar-refractivity contribution in [2.24, 2.45) is 5.73 Å². The third-order valence-corrected chi connectivity index (χ3v) is 1.80. The number of ether oxygens (including phenoxy) is 1. The van der Waals surface area contributed by atoms with Gasteiger partial charge in [-0.05, 0) is 0 Å². The molecule has 1 aliphatic rings. The Morgan fingerprint density at radius 3 is 2.62 bits per heavy atom. The van der Waals surface area contributed by atoms with E-state index in [1.807, 2.05) is 0 Å². The summed E-state index contributed by atoms with van der Waals surface area (Å²) in [6.07, 6.45) is 0.128. The number of carbonyl (C=O) groups excluding carboxylic acids is 2. The second kappa shape index (κ2) is 5.16. The predicted molar refractivity (Wildman–Crippen MR) is 48.4 cm³/mol. The van der Waals surface area contributed by atoms with Gasteiger partial charge in [-0.1, -0.05) is 0 Å². The summed E-state index contributed by atoms with van der Waals surface area (Å²) in [5, 5.41) is 0. The van der Waals surface area contributed by atoms with Gasteiger partial charge in [0.05, 0.1) is 25.6 Å². The Morgan fingerprint density at radius 2 is 2.23 bits per heavy atom. The number of hydrogen-bond donors (Lipinski definition) is 1. The molecule has 0 aliphatic carbocycles. The third-order valence-electron chi connectivity index (χ3n) is 1.80. The van der Waals surface area contributed by atoms with Crippen LogP contribution in [0.2, 0.25) is 0 Å². The van der Waals surface area contributed by atoms with Gasteiger partial charge in [0.1, 0.15) is 0 Å². The summed E-state index contributed by atoms with van der Waals surface area (Å²) in [6, 6.07) is -0.644. The minimum absolute atomic E-state index is 0. The standard InChI is InChI=1S/C7H12N2O3.ClH/c1-12-3-2-9-6(10)4-5(8)7(9)11;/h5H,2-4,8H2,1H3;1H/t5-;/m1./s1. The molecule has 0 spiro atoms. The Kier molecular flexibility index (Phi) is 4.90. The van der Waals surface area contributed by atoms with Gasteiger partial charge in [0.25, 0.3) is 0 Å². The lowest BCUT2D eigenvalue weighted by atomic mass is 10.3. The molecule has 5 nitrogen and oxygen atoms in total. The number of methoxy groups -OCH3 is 1. The molecule has 1 fully saturated rings. The van der Waals surface area contributed by atoms with Gasteiger partial charge in [0.15, 0.2) is 0 Å². The van der Waals surface area contributed by atoms with Crippen LogP contribution in [0.15, 0.2) is 0 Å². The molecular formula is C7H13ClN2O3. The van der Waals surface area contributed by atoms with Gasteiger partial charge in [0.2, 0.25) is 11.8 Å². The zero-order valence-electron chi connectivity index (χ0n) is 7.36. The molecule has 6 heteroatoms. The zero-order valence-corrected chi connectivity index (χ0v) is 8.17. The van der Waals surface area contributed by atoms with Gasteiger partial charge < -0.3 is 10.5 Å². The van der Waals surface area contributed by atoms with Crippen molar-refractivity contribution >= 4 is 24.2 Å². The first kappa shape index (κ1) is 12.3. The molecule has 0 aromatic heterocycles. The smallest absolute Gasteiger partial charge is 0.246 e. The van der Waals surface area contributed by atoms with Gasteiger partial charge in [-0.2, -0.15) is 0 Å². The first-order valence-electron chi connectivity index (χ1n) is 3.75. The molecule has 0 bridgehead atoms. The van der Waals surface area contributed by atoms with E-state index in [1.165, 1.54) is 7.11 Å². The molecule has 0 aromatic carbocycles. The fourth-order valence-corrected chi connectivity index (χ4v) is 1.13. The average Bonchev–Trinajstić information content (AvgIpc) is 2.25. The summed E-state index contributed by atoms with van der Waals surface area (Å²) in [6.45, 7) is 0.673. The fraction of sp³-hybridized carbons (Fsp3) is 0.714. The molecule has 1 atom stereocenters. The molecule has 1 saturated heterocycles. The average molecular weight is 209 g/mol. The first-order valence-corrected chi connectivity index (χ1v) is 3.75. The Morgan fingerprint density at radius 1 is 1.62 bits per heavy atom. The summed E-state index contributed by atoms with van der Waals surface area (Å²) in [4.78, 5) is 23.4. The maximum absolute atomic E-state index is 11.1. The van der Waals surface area contributed by atoms with E-state index in [4.69, 9.17) is 10.5 Å². The first-order chi connectivity index (χ1) is 5.66. The Hall–Kier alpha value is -0.650. The number of imide groups is 1. The van der Waals surface area contributed by atoms with E-state index in [9.17, 15) is 9.59 Å². The van der Waals surface area contributed by atoms with Gasteiger partial charge in [0, 0.05) is 7.11 Å². The van der Waals surface area contributed by atoms with E-state index in [2.05, 4.69) is 0 Å². The van der Waals surface area contributed by atoms with Crippen LogP contribution in [0, 0.1) is 0 Å². The minimum atomic E-state index is -0.644. The van der Waals surface area contributed by atoms with Gasteiger partial charge in [-0.15, -0.1) is 12.4 Å². The van der Waals surface area contributed by atoms with E-state index >= 15 is 0 Å². The SMILES string of the molecule is COCCN1C(=O)C[C@@H](N)C1=O.Cl. The number of carbonyl (C=O) groups is 2. The lowest BCUT2D eigenvalue weighted by Crippen LogP contribution is -2.37. The van der Waals surface area contributed by atoms with E-state index in [0.29, 0.717) is 13.2 Å². The van der Waals surface area contributed by atoms with Crippen LogP contribution in [0.4, 0.5) is 0 Å². The molecule has 1 heterocycles.